The van der Waals surface area contributed by atoms with Crippen molar-refractivity contribution in [3.63, 3.8) is 0 Å². The highest BCUT2D eigenvalue weighted by Gasteiger charge is 2.17. The molecule has 0 spiro atoms. The third-order valence-corrected chi connectivity index (χ3v) is 6.23. The molecule has 32 heavy (non-hydrogen) atoms. The van der Waals surface area contributed by atoms with Crippen LogP contribution < -0.4 is 4.80 Å². The molecule has 1 amide bonds. The lowest BCUT2D eigenvalue weighted by Crippen LogP contribution is -2.23. The van der Waals surface area contributed by atoms with Crippen LogP contribution in [0.25, 0.3) is 15.9 Å². The molecule has 7 nitrogen and oxygen atoms in total. The third kappa shape index (κ3) is 4.27. The van der Waals surface area contributed by atoms with E-state index in [0.717, 1.165) is 22.3 Å². The molecule has 2 aromatic heterocycles. The van der Waals surface area contributed by atoms with Crippen molar-refractivity contribution in [1.29, 1.82) is 0 Å². The quantitative estimate of drug-likeness (QED) is 0.417. The maximum atomic E-state index is 13.1. The maximum Gasteiger partial charge on any atom is 0.326 e. The number of esters is 1. The lowest BCUT2D eigenvalue weighted by Gasteiger charge is -2.06. The van der Waals surface area contributed by atoms with Crippen LogP contribution >= 0.6 is 11.3 Å². The molecule has 0 N–H and O–H groups in total. The van der Waals surface area contributed by atoms with Crippen LogP contribution in [0.15, 0.2) is 59.7 Å². The van der Waals surface area contributed by atoms with Crippen LogP contribution in [0.2, 0.25) is 0 Å². The Morgan fingerprint density at radius 3 is 2.62 bits per heavy atom. The third-order valence-electron chi connectivity index (χ3n) is 5.19. The number of fused-ring (bicyclic) bond motifs is 1. The number of carbonyl (C=O) groups excluding carboxylic acids is 2. The molecule has 4 rings (SSSR count). The van der Waals surface area contributed by atoms with Gasteiger partial charge in [-0.05, 0) is 50.1 Å². The predicted molar refractivity (Wildman–Crippen MR) is 124 cm³/mol. The summed E-state index contributed by atoms with van der Waals surface area (Å²) in [4.78, 5) is 30.2. The summed E-state index contributed by atoms with van der Waals surface area (Å²) >= 11 is 1.39. The van der Waals surface area contributed by atoms with E-state index in [0.29, 0.717) is 22.7 Å². The number of hydrogen-bond donors (Lipinski definition) is 0. The Kier molecular flexibility index (Phi) is 6.32. The summed E-state index contributed by atoms with van der Waals surface area (Å²) in [5, 5.41) is 4.37. The molecule has 0 atom stereocenters. The number of benzene rings is 2. The van der Waals surface area contributed by atoms with Gasteiger partial charge in [-0.3, -0.25) is 9.59 Å². The van der Waals surface area contributed by atoms with Crippen LogP contribution in [0.3, 0.4) is 0 Å². The highest BCUT2D eigenvalue weighted by Crippen LogP contribution is 2.20. The predicted octanol–water partition coefficient (Wildman–Crippen LogP) is 4.06. The van der Waals surface area contributed by atoms with Crippen LogP contribution in [-0.2, 0) is 22.5 Å². The molecule has 0 saturated carbocycles. The highest BCUT2D eigenvalue weighted by atomic mass is 32.1. The van der Waals surface area contributed by atoms with E-state index >= 15 is 0 Å². The zero-order chi connectivity index (χ0) is 22.7. The smallest absolute Gasteiger partial charge is 0.326 e. The normalized spacial score (nSPS) is 11.8. The maximum absolute atomic E-state index is 13.1. The van der Waals surface area contributed by atoms with Crippen molar-refractivity contribution in [1.82, 2.24) is 14.3 Å². The van der Waals surface area contributed by atoms with E-state index in [1.807, 2.05) is 49.4 Å². The summed E-state index contributed by atoms with van der Waals surface area (Å²) < 4.78 is 9.56. The lowest BCUT2D eigenvalue weighted by atomic mass is 10.2. The molecule has 2 heterocycles. The van der Waals surface area contributed by atoms with E-state index in [1.165, 1.54) is 23.1 Å². The van der Waals surface area contributed by atoms with Gasteiger partial charge in [0.15, 0.2) is 4.80 Å². The molecule has 0 bridgehead atoms. The summed E-state index contributed by atoms with van der Waals surface area (Å²) in [5.74, 6) is -0.765. The molecular formula is C24H24N4O3S. The van der Waals surface area contributed by atoms with E-state index in [9.17, 15) is 9.59 Å². The number of thiazole rings is 1. The van der Waals surface area contributed by atoms with E-state index in [4.69, 9.17) is 4.74 Å². The topological polar surface area (TPSA) is 78.5 Å². The molecule has 4 aromatic rings. The lowest BCUT2D eigenvalue weighted by molar-refractivity contribution is -0.143. The van der Waals surface area contributed by atoms with Gasteiger partial charge in [-0.1, -0.05) is 42.5 Å². The Hall–Kier alpha value is -3.52. The first kappa shape index (κ1) is 21.7. The first-order valence-corrected chi connectivity index (χ1v) is 11.3. The van der Waals surface area contributed by atoms with E-state index in [1.54, 1.807) is 16.2 Å². The molecule has 0 saturated heterocycles. The number of aryl methyl sites for hydroxylation is 1. The standard InChI is InChI=1S/C24H24N4O3S/c1-4-17-11-12-20-21(13-17)32-24(27(20)15-22(29)31-5-2)26-23(30)19-14-25-28(16(19)3)18-9-7-6-8-10-18/h6-14H,4-5,15H2,1-3H3. The van der Waals surface area contributed by atoms with Crippen molar-refractivity contribution in [2.75, 3.05) is 6.61 Å². The van der Waals surface area contributed by atoms with Gasteiger partial charge in [0.1, 0.15) is 6.54 Å². The second-order valence-electron chi connectivity index (χ2n) is 7.24. The van der Waals surface area contributed by atoms with Crippen molar-refractivity contribution < 1.29 is 14.3 Å². The van der Waals surface area contributed by atoms with E-state index in [2.05, 4.69) is 23.1 Å². The average Bonchev–Trinajstić information content (AvgIpc) is 3.34. The van der Waals surface area contributed by atoms with Crippen LogP contribution in [0, 0.1) is 6.92 Å². The number of ether oxygens (including phenoxy) is 1. The average molecular weight is 449 g/mol. The van der Waals surface area contributed by atoms with Crippen LogP contribution in [0.4, 0.5) is 0 Å². The van der Waals surface area contributed by atoms with E-state index < -0.39 is 5.91 Å². The van der Waals surface area contributed by atoms with Crippen molar-refractivity contribution in [3.8, 4) is 5.69 Å². The minimum atomic E-state index is -0.399. The summed E-state index contributed by atoms with van der Waals surface area (Å²) in [6, 6.07) is 15.7. The first-order valence-electron chi connectivity index (χ1n) is 10.5. The van der Waals surface area contributed by atoms with E-state index in [-0.39, 0.29) is 12.5 Å². The minimum absolute atomic E-state index is 0.00627. The highest BCUT2D eigenvalue weighted by molar-refractivity contribution is 7.16. The Balaban J connectivity index is 1.78. The van der Waals surface area contributed by atoms with Gasteiger partial charge < -0.3 is 9.30 Å². The molecule has 0 fully saturated rings. The van der Waals surface area contributed by atoms with Crippen molar-refractivity contribution in [3.05, 3.63) is 76.4 Å². The van der Waals surface area contributed by atoms with Crippen LogP contribution in [0.5, 0.6) is 0 Å². The molecule has 0 aliphatic carbocycles. The van der Waals surface area contributed by atoms with Crippen molar-refractivity contribution >= 4 is 33.4 Å². The Morgan fingerprint density at radius 2 is 1.91 bits per heavy atom. The van der Waals surface area contributed by atoms with Gasteiger partial charge in [0, 0.05) is 0 Å². The molecule has 0 aliphatic rings. The molecule has 0 aliphatic heterocycles. The Morgan fingerprint density at radius 1 is 1.12 bits per heavy atom. The van der Waals surface area contributed by atoms with Gasteiger partial charge >= 0.3 is 5.97 Å². The van der Waals surface area contributed by atoms with Crippen LogP contribution in [0.1, 0.15) is 35.5 Å². The van der Waals surface area contributed by atoms with Gasteiger partial charge in [-0.15, -0.1) is 0 Å². The largest absolute Gasteiger partial charge is 0.465 e. The number of carbonyl (C=O) groups is 2. The summed E-state index contributed by atoms with van der Waals surface area (Å²) in [5.41, 5.74) is 4.03. The number of nitrogens with zero attached hydrogens (tertiary/aromatic N) is 4. The second-order valence-corrected chi connectivity index (χ2v) is 8.25. The second kappa shape index (κ2) is 9.32. The molecule has 8 heteroatoms. The molecule has 2 aromatic carbocycles. The Bertz CT molecular complexity index is 1350. The number of para-hydroxylation sites is 1. The zero-order valence-electron chi connectivity index (χ0n) is 18.2. The number of rotatable bonds is 6. The Labute approximate surface area is 189 Å². The fourth-order valence-corrected chi connectivity index (χ4v) is 4.60. The van der Waals surface area contributed by atoms with Crippen molar-refractivity contribution in [2.24, 2.45) is 4.99 Å². The van der Waals surface area contributed by atoms with Crippen LogP contribution in [-0.4, -0.2) is 32.8 Å². The number of aromatic nitrogens is 3. The summed E-state index contributed by atoms with van der Waals surface area (Å²) in [6.07, 6.45) is 2.43. The number of hydrogen-bond acceptors (Lipinski definition) is 5. The van der Waals surface area contributed by atoms with Crippen molar-refractivity contribution in [2.45, 2.75) is 33.7 Å². The zero-order valence-corrected chi connectivity index (χ0v) is 19.1. The van der Waals surface area contributed by atoms with Gasteiger partial charge in [-0.25, -0.2) is 4.68 Å². The summed E-state index contributed by atoms with van der Waals surface area (Å²) in [6.45, 7) is 5.99. The minimum Gasteiger partial charge on any atom is -0.465 e. The molecule has 164 valence electrons. The SMILES string of the molecule is CCOC(=O)Cn1c(=NC(=O)c2cnn(-c3ccccc3)c2C)sc2cc(CC)ccc21. The first-order chi connectivity index (χ1) is 15.5. The van der Waals surface area contributed by atoms with Gasteiger partial charge in [0.05, 0.1) is 40.0 Å². The fraction of sp³-hybridized carbons (Fsp3) is 0.250. The fourth-order valence-electron chi connectivity index (χ4n) is 3.51. The molecule has 0 unspecified atom stereocenters. The van der Waals surface area contributed by atoms with Gasteiger partial charge in [0.2, 0.25) is 0 Å². The molecular weight excluding hydrogens is 424 g/mol. The number of amides is 1. The van der Waals surface area contributed by atoms with Gasteiger partial charge in [0.25, 0.3) is 5.91 Å². The van der Waals surface area contributed by atoms with Gasteiger partial charge in [-0.2, -0.15) is 10.1 Å². The monoisotopic (exact) mass is 448 g/mol. The molecule has 0 radical (unpaired) electrons. The summed E-state index contributed by atoms with van der Waals surface area (Å²) in [7, 11) is 0.